The summed E-state index contributed by atoms with van der Waals surface area (Å²) >= 11 is 0. The summed E-state index contributed by atoms with van der Waals surface area (Å²) in [6, 6.07) is 6.91. The molecule has 1 saturated carbocycles. The molecule has 0 spiro atoms. The average Bonchev–Trinajstić information content (AvgIpc) is 3.40. The molecule has 0 radical (unpaired) electrons. The van der Waals surface area contributed by atoms with Crippen LogP contribution in [0.4, 0.5) is 8.78 Å². The lowest BCUT2D eigenvalue weighted by Crippen LogP contribution is -2.39. The van der Waals surface area contributed by atoms with Crippen LogP contribution in [0, 0.1) is 0 Å². The lowest BCUT2D eigenvalue weighted by molar-refractivity contribution is -0.121. The Morgan fingerprint density at radius 2 is 2.04 bits per heavy atom. The summed E-state index contributed by atoms with van der Waals surface area (Å²) in [5, 5.41) is 6.19. The first-order chi connectivity index (χ1) is 12.5. The van der Waals surface area contributed by atoms with E-state index in [1.54, 1.807) is 19.2 Å². The van der Waals surface area contributed by atoms with E-state index in [4.69, 9.17) is 0 Å². The maximum atomic E-state index is 12.2. The van der Waals surface area contributed by atoms with Gasteiger partial charge in [-0.2, -0.15) is 8.78 Å². The van der Waals surface area contributed by atoms with E-state index in [9.17, 15) is 13.6 Å². The molecule has 0 saturated heterocycles. The summed E-state index contributed by atoms with van der Waals surface area (Å²) in [6.07, 6.45) is 3.41. The zero-order valence-electron chi connectivity index (χ0n) is 15.2. The van der Waals surface area contributed by atoms with Gasteiger partial charge in [-0.3, -0.25) is 9.79 Å². The summed E-state index contributed by atoms with van der Waals surface area (Å²) in [7, 11) is 3.58. The topological polar surface area (TPSA) is 66.0 Å². The van der Waals surface area contributed by atoms with E-state index < -0.39 is 6.61 Å². The lowest BCUT2D eigenvalue weighted by atomic mass is 10.2. The van der Waals surface area contributed by atoms with Gasteiger partial charge < -0.3 is 20.3 Å². The Balaban J connectivity index is 1.71. The second-order valence-electron chi connectivity index (χ2n) is 6.30. The van der Waals surface area contributed by atoms with Crippen LogP contribution in [0.1, 0.15) is 31.2 Å². The summed E-state index contributed by atoms with van der Waals surface area (Å²) < 4.78 is 28.7. The highest BCUT2D eigenvalue weighted by Gasteiger charge is 2.22. The van der Waals surface area contributed by atoms with Gasteiger partial charge in [0.25, 0.3) is 0 Å². The third-order valence-corrected chi connectivity index (χ3v) is 3.95. The van der Waals surface area contributed by atoms with E-state index in [-0.39, 0.29) is 11.7 Å². The predicted molar refractivity (Wildman–Crippen MR) is 96.3 cm³/mol. The Kier molecular flexibility index (Phi) is 7.62. The van der Waals surface area contributed by atoms with Gasteiger partial charge in [0.2, 0.25) is 5.91 Å². The van der Waals surface area contributed by atoms with Crippen LogP contribution in [0.5, 0.6) is 5.75 Å². The molecular weight excluding hydrogens is 342 g/mol. The third kappa shape index (κ3) is 7.25. The van der Waals surface area contributed by atoms with E-state index in [1.807, 2.05) is 11.9 Å². The summed E-state index contributed by atoms with van der Waals surface area (Å²) in [6.45, 7) is -1.61. The van der Waals surface area contributed by atoms with Crippen molar-refractivity contribution in [3.8, 4) is 5.75 Å². The largest absolute Gasteiger partial charge is 0.435 e. The van der Waals surface area contributed by atoms with Gasteiger partial charge in [-0.05, 0) is 37.0 Å². The van der Waals surface area contributed by atoms with Gasteiger partial charge in [0.05, 0.1) is 0 Å². The highest BCUT2D eigenvalue weighted by Crippen LogP contribution is 2.18. The quantitative estimate of drug-likeness (QED) is 0.399. The minimum atomic E-state index is -2.82. The maximum absolute atomic E-state index is 12.2. The molecule has 1 aliphatic carbocycles. The van der Waals surface area contributed by atoms with Gasteiger partial charge >= 0.3 is 6.61 Å². The molecule has 1 fully saturated rings. The molecule has 8 heteroatoms. The van der Waals surface area contributed by atoms with Crippen LogP contribution >= 0.6 is 0 Å². The van der Waals surface area contributed by atoms with Crippen LogP contribution in [0.3, 0.4) is 0 Å². The number of halogens is 2. The number of nitrogens with zero attached hydrogens (tertiary/aromatic N) is 2. The molecule has 1 aromatic carbocycles. The molecule has 0 unspecified atom stereocenters. The second kappa shape index (κ2) is 9.94. The molecule has 0 bridgehead atoms. The van der Waals surface area contributed by atoms with Crippen LogP contribution < -0.4 is 15.4 Å². The lowest BCUT2D eigenvalue weighted by Gasteiger charge is -2.22. The van der Waals surface area contributed by atoms with Crippen molar-refractivity contribution >= 4 is 11.9 Å². The van der Waals surface area contributed by atoms with Crippen LogP contribution in [0.2, 0.25) is 0 Å². The third-order valence-electron chi connectivity index (χ3n) is 3.95. The minimum Gasteiger partial charge on any atom is -0.435 e. The summed E-state index contributed by atoms with van der Waals surface area (Å²) in [5.41, 5.74) is 0.945. The van der Waals surface area contributed by atoms with E-state index in [0.29, 0.717) is 31.5 Å². The van der Waals surface area contributed by atoms with Crippen LogP contribution in [0.25, 0.3) is 0 Å². The van der Waals surface area contributed by atoms with Gasteiger partial charge in [-0.15, -0.1) is 0 Å². The Morgan fingerprint density at radius 1 is 1.35 bits per heavy atom. The SMILES string of the molecule is CN=C(NCCCC(=O)NC1CC1)N(C)Cc1ccc(OC(F)F)cc1. The molecule has 1 aromatic rings. The highest BCUT2D eigenvalue weighted by atomic mass is 19.3. The average molecular weight is 368 g/mol. The number of amides is 1. The van der Waals surface area contributed by atoms with E-state index in [2.05, 4.69) is 20.4 Å². The first-order valence-corrected chi connectivity index (χ1v) is 8.73. The monoisotopic (exact) mass is 368 g/mol. The predicted octanol–water partition coefficient (Wildman–Crippen LogP) is 2.35. The fourth-order valence-corrected chi connectivity index (χ4v) is 2.49. The smallest absolute Gasteiger partial charge is 0.387 e. The molecular formula is C18H26F2N4O2. The van der Waals surface area contributed by atoms with Crippen molar-refractivity contribution in [2.75, 3.05) is 20.6 Å². The van der Waals surface area contributed by atoms with E-state index >= 15 is 0 Å². The van der Waals surface area contributed by atoms with Crippen molar-refractivity contribution in [2.45, 2.75) is 44.9 Å². The second-order valence-corrected chi connectivity index (χ2v) is 6.30. The number of rotatable bonds is 9. The zero-order chi connectivity index (χ0) is 18.9. The molecule has 2 N–H and O–H groups in total. The Morgan fingerprint density at radius 3 is 2.62 bits per heavy atom. The van der Waals surface area contributed by atoms with Crippen molar-refractivity contribution in [1.29, 1.82) is 0 Å². The highest BCUT2D eigenvalue weighted by molar-refractivity contribution is 5.80. The summed E-state index contributed by atoms with van der Waals surface area (Å²) in [4.78, 5) is 17.8. The molecule has 0 atom stereocenters. The maximum Gasteiger partial charge on any atom is 0.387 e. The van der Waals surface area contributed by atoms with Crippen LogP contribution in [-0.2, 0) is 11.3 Å². The number of benzene rings is 1. The molecule has 26 heavy (non-hydrogen) atoms. The normalized spacial score (nSPS) is 14.3. The fourth-order valence-electron chi connectivity index (χ4n) is 2.49. The number of alkyl halides is 2. The van der Waals surface area contributed by atoms with Gasteiger partial charge in [-0.25, -0.2) is 0 Å². The number of ether oxygens (including phenoxy) is 1. The van der Waals surface area contributed by atoms with Crippen molar-refractivity contribution in [3.63, 3.8) is 0 Å². The van der Waals surface area contributed by atoms with Gasteiger partial charge in [-0.1, -0.05) is 12.1 Å². The molecule has 1 aliphatic rings. The molecule has 0 aromatic heterocycles. The minimum absolute atomic E-state index is 0.101. The van der Waals surface area contributed by atoms with Gasteiger partial charge in [0.1, 0.15) is 5.75 Å². The number of hydrogen-bond donors (Lipinski definition) is 2. The van der Waals surface area contributed by atoms with Crippen molar-refractivity contribution < 1.29 is 18.3 Å². The van der Waals surface area contributed by atoms with Crippen LogP contribution in [0.15, 0.2) is 29.3 Å². The Labute approximate surface area is 152 Å². The molecule has 0 aliphatic heterocycles. The number of nitrogens with one attached hydrogen (secondary N) is 2. The first kappa shape index (κ1) is 19.9. The van der Waals surface area contributed by atoms with Crippen LogP contribution in [-0.4, -0.2) is 50.1 Å². The van der Waals surface area contributed by atoms with Gasteiger partial charge in [0, 0.05) is 39.6 Å². The molecule has 1 amide bonds. The number of guanidine groups is 1. The molecule has 6 nitrogen and oxygen atoms in total. The van der Waals surface area contributed by atoms with Crippen molar-refractivity contribution in [1.82, 2.24) is 15.5 Å². The fraction of sp³-hybridized carbons (Fsp3) is 0.556. The Bertz CT molecular complexity index is 604. The number of aliphatic imine (C=N–C) groups is 1. The number of carbonyl (C=O) groups excluding carboxylic acids is 1. The molecule has 144 valence electrons. The van der Waals surface area contributed by atoms with E-state index in [0.717, 1.165) is 24.8 Å². The standard InChI is InChI=1S/C18H26F2N4O2/c1-21-18(22-11-3-4-16(25)23-14-7-8-14)24(2)12-13-5-9-15(10-6-13)26-17(19)20/h5-6,9-10,14,17H,3-4,7-8,11-12H2,1-2H3,(H,21,22)(H,23,25). The first-order valence-electron chi connectivity index (χ1n) is 8.73. The van der Waals surface area contributed by atoms with Crippen molar-refractivity contribution in [3.05, 3.63) is 29.8 Å². The summed E-state index contributed by atoms with van der Waals surface area (Å²) in [5.74, 6) is 0.947. The van der Waals surface area contributed by atoms with E-state index in [1.165, 1.54) is 12.1 Å². The number of carbonyl (C=O) groups is 1. The van der Waals surface area contributed by atoms with Crippen molar-refractivity contribution in [2.24, 2.45) is 4.99 Å². The Hall–Kier alpha value is -2.38. The zero-order valence-corrected chi connectivity index (χ0v) is 15.2. The molecule has 0 heterocycles. The molecule has 2 rings (SSSR count). The van der Waals surface area contributed by atoms with Gasteiger partial charge in [0.15, 0.2) is 5.96 Å². The number of hydrogen-bond acceptors (Lipinski definition) is 3.